The van der Waals surface area contributed by atoms with E-state index >= 15 is 0 Å². The van der Waals surface area contributed by atoms with E-state index in [-0.39, 0.29) is 23.4 Å². The van der Waals surface area contributed by atoms with Crippen molar-refractivity contribution in [3.63, 3.8) is 0 Å². The fourth-order valence-corrected chi connectivity index (χ4v) is 1.50. The Labute approximate surface area is 79.9 Å². The third kappa shape index (κ3) is 1.25. The van der Waals surface area contributed by atoms with Crippen molar-refractivity contribution in [2.45, 2.75) is 24.4 Å². The van der Waals surface area contributed by atoms with Crippen molar-refractivity contribution in [1.29, 1.82) is 0 Å². The number of hydrogen-bond donors (Lipinski definition) is 1. The lowest BCUT2D eigenvalue weighted by Crippen LogP contribution is -2.29. The molecule has 0 amide bonds. The molecule has 72 valence electrons. The second-order valence-electron chi connectivity index (χ2n) is 3.04. The van der Waals surface area contributed by atoms with Gasteiger partial charge in [0.2, 0.25) is 0 Å². The van der Waals surface area contributed by atoms with Gasteiger partial charge < -0.3 is 4.98 Å². The number of halogens is 4. The van der Waals surface area contributed by atoms with Gasteiger partial charge in [0.1, 0.15) is 11.2 Å². The van der Waals surface area contributed by atoms with Crippen molar-refractivity contribution >= 4 is 15.9 Å². The summed E-state index contributed by atoms with van der Waals surface area (Å²) in [5.41, 5.74) is -1.76. The lowest BCUT2D eigenvalue weighted by molar-refractivity contribution is -0.162. The van der Waals surface area contributed by atoms with Crippen LogP contribution in [-0.2, 0) is 5.41 Å². The van der Waals surface area contributed by atoms with Gasteiger partial charge in [-0.15, -0.1) is 10.2 Å². The van der Waals surface area contributed by atoms with Gasteiger partial charge in [0.15, 0.2) is 4.73 Å². The lowest BCUT2D eigenvalue weighted by atomic mass is 10.1. The zero-order valence-corrected chi connectivity index (χ0v) is 7.91. The summed E-state index contributed by atoms with van der Waals surface area (Å²) in [5, 5.41) is 6.89. The zero-order chi connectivity index (χ0) is 9.69. The fraction of sp³-hybridized carbons (Fsp3) is 0.667. The highest BCUT2D eigenvalue weighted by molar-refractivity contribution is 9.10. The van der Waals surface area contributed by atoms with E-state index in [9.17, 15) is 13.2 Å². The Balaban J connectivity index is 2.36. The van der Waals surface area contributed by atoms with Crippen molar-refractivity contribution < 1.29 is 13.2 Å². The highest BCUT2D eigenvalue weighted by atomic mass is 79.9. The summed E-state index contributed by atoms with van der Waals surface area (Å²) >= 11 is 2.92. The molecule has 1 aromatic heterocycles. The van der Waals surface area contributed by atoms with E-state index in [4.69, 9.17) is 0 Å². The van der Waals surface area contributed by atoms with Crippen LogP contribution in [0.4, 0.5) is 13.2 Å². The Morgan fingerprint density at radius 1 is 1.31 bits per heavy atom. The van der Waals surface area contributed by atoms with Crippen molar-refractivity contribution in [2.24, 2.45) is 0 Å². The number of aromatic nitrogens is 3. The molecule has 0 radical (unpaired) electrons. The molecule has 1 N–H and O–H groups in total. The van der Waals surface area contributed by atoms with Gasteiger partial charge in [-0.3, -0.25) is 0 Å². The van der Waals surface area contributed by atoms with Crippen LogP contribution in [0.5, 0.6) is 0 Å². The molecule has 2 rings (SSSR count). The molecule has 7 heteroatoms. The minimum Gasteiger partial charge on any atom is -0.319 e. The fourth-order valence-electron chi connectivity index (χ4n) is 1.24. The third-order valence-corrected chi connectivity index (χ3v) is 2.56. The quantitative estimate of drug-likeness (QED) is 0.836. The summed E-state index contributed by atoms with van der Waals surface area (Å²) in [7, 11) is 0. The first kappa shape index (κ1) is 8.98. The average molecular weight is 256 g/mol. The van der Waals surface area contributed by atoms with Crippen molar-refractivity contribution in [2.75, 3.05) is 0 Å². The Bertz CT molecular complexity index is 328. The van der Waals surface area contributed by atoms with Crippen LogP contribution in [0.2, 0.25) is 0 Å². The van der Waals surface area contributed by atoms with Gasteiger partial charge >= 0.3 is 6.18 Å². The van der Waals surface area contributed by atoms with Crippen molar-refractivity contribution in [3.8, 4) is 0 Å². The maximum Gasteiger partial charge on any atom is 0.401 e. The minimum atomic E-state index is -4.23. The van der Waals surface area contributed by atoms with Crippen molar-refractivity contribution in [1.82, 2.24) is 15.2 Å². The maximum atomic E-state index is 12.5. The lowest BCUT2D eigenvalue weighted by Gasteiger charge is -2.15. The number of aromatic amines is 1. The molecule has 1 heterocycles. The Morgan fingerprint density at radius 3 is 2.23 bits per heavy atom. The van der Waals surface area contributed by atoms with E-state index in [2.05, 4.69) is 31.1 Å². The largest absolute Gasteiger partial charge is 0.401 e. The maximum absolute atomic E-state index is 12.5. The molecule has 0 unspecified atom stereocenters. The predicted octanol–water partition coefficient (Wildman–Crippen LogP) is 2.16. The Morgan fingerprint density at radius 2 is 1.92 bits per heavy atom. The molecule has 0 bridgehead atoms. The monoisotopic (exact) mass is 255 g/mol. The second-order valence-corrected chi connectivity index (χ2v) is 3.80. The molecule has 1 aromatic rings. The number of nitrogens with one attached hydrogen (secondary N) is 1. The molecule has 1 aliphatic rings. The van der Waals surface area contributed by atoms with Gasteiger partial charge in [-0.25, -0.2) is 0 Å². The van der Waals surface area contributed by atoms with Crippen LogP contribution >= 0.6 is 15.9 Å². The number of hydrogen-bond acceptors (Lipinski definition) is 2. The number of H-pyrrole nitrogens is 1. The first-order chi connectivity index (χ1) is 5.96. The molecule has 1 fully saturated rings. The summed E-state index contributed by atoms with van der Waals surface area (Å²) in [6.07, 6.45) is -4.04. The highest BCUT2D eigenvalue weighted by Crippen LogP contribution is 2.57. The van der Waals surface area contributed by atoms with E-state index in [0.717, 1.165) is 0 Å². The highest BCUT2D eigenvalue weighted by Gasteiger charge is 2.66. The van der Waals surface area contributed by atoms with E-state index < -0.39 is 11.6 Å². The second kappa shape index (κ2) is 2.46. The first-order valence-corrected chi connectivity index (χ1v) is 4.40. The van der Waals surface area contributed by atoms with Gasteiger partial charge in [0.25, 0.3) is 0 Å². The summed E-state index contributed by atoms with van der Waals surface area (Å²) in [4.78, 5) is 2.46. The smallest absolute Gasteiger partial charge is 0.319 e. The van der Waals surface area contributed by atoms with E-state index in [0.29, 0.717) is 0 Å². The molecule has 3 nitrogen and oxygen atoms in total. The van der Waals surface area contributed by atoms with Gasteiger partial charge in [-0.2, -0.15) is 13.2 Å². The minimum absolute atomic E-state index is 0.0909. The SMILES string of the molecule is FC(F)(F)C1(c2nnc(Br)[nH]2)CC1. The molecule has 0 aromatic carbocycles. The number of nitrogens with zero attached hydrogens (tertiary/aromatic N) is 2. The van der Waals surface area contributed by atoms with Crippen LogP contribution in [-0.4, -0.2) is 21.4 Å². The average Bonchev–Trinajstić information content (AvgIpc) is 2.70. The van der Waals surface area contributed by atoms with Crippen LogP contribution in [0.1, 0.15) is 18.7 Å². The van der Waals surface area contributed by atoms with E-state index in [1.54, 1.807) is 0 Å². The molecule has 0 atom stereocenters. The standard InChI is InChI=1S/C6H5BrF3N3/c7-4-11-3(12-13-4)5(1-2-5)6(8,9)10/h1-2H2,(H,11,12,13). The normalized spacial score (nSPS) is 20.3. The zero-order valence-electron chi connectivity index (χ0n) is 6.32. The number of rotatable bonds is 1. The van der Waals surface area contributed by atoms with Crippen LogP contribution in [0.25, 0.3) is 0 Å². The first-order valence-electron chi connectivity index (χ1n) is 3.61. The van der Waals surface area contributed by atoms with Gasteiger partial charge in [-0.1, -0.05) is 0 Å². The van der Waals surface area contributed by atoms with Crippen LogP contribution in [0, 0.1) is 0 Å². The van der Waals surface area contributed by atoms with E-state index in [1.807, 2.05) is 0 Å². The van der Waals surface area contributed by atoms with Crippen LogP contribution in [0.3, 0.4) is 0 Å². The van der Waals surface area contributed by atoms with Gasteiger partial charge in [-0.05, 0) is 28.8 Å². The van der Waals surface area contributed by atoms with Crippen LogP contribution in [0.15, 0.2) is 4.73 Å². The van der Waals surface area contributed by atoms with Gasteiger partial charge in [0, 0.05) is 0 Å². The predicted molar refractivity (Wildman–Crippen MR) is 41.0 cm³/mol. The van der Waals surface area contributed by atoms with E-state index in [1.165, 1.54) is 0 Å². The third-order valence-electron chi connectivity index (χ3n) is 2.21. The summed E-state index contributed by atoms with van der Waals surface area (Å²) in [5.74, 6) is -0.0909. The molecular weight excluding hydrogens is 251 g/mol. The molecular formula is C6H5BrF3N3. The number of alkyl halides is 3. The van der Waals surface area contributed by atoms with Gasteiger partial charge in [0.05, 0.1) is 0 Å². The molecule has 1 saturated carbocycles. The Hall–Kier alpha value is -0.590. The summed E-state index contributed by atoms with van der Waals surface area (Å²) in [6.45, 7) is 0. The summed E-state index contributed by atoms with van der Waals surface area (Å²) < 4.78 is 37.7. The molecule has 0 spiro atoms. The van der Waals surface area contributed by atoms with Crippen LogP contribution < -0.4 is 0 Å². The van der Waals surface area contributed by atoms with Crippen molar-refractivity contribution in [3.05, 3.63) is 10.6 Å². The molecule has 0 aliphatic heterocycles. The molecule has 1 aliphatic carbocycles. The Kier molecular flexibility index (Phi) is 1.70. The molecule has 0 saturated heterocycles. The summed E-state index contributed by atoms with van der Waals surface area (Å²) in [6, 6.07) is 0. The molecule has 13 heavy (non-hydrogen) atoms. The topological polar surface area (TPSA) is 41.6 Å².